The molecule has 0 aliphatic heterocycles. The molecule has 0 saturated carbocycles. The van der Waals surface area contributed by atoms with Crippen LogP contribution in [0.15, 0.2) is 47.5 Å². The summed E-state index contributed by atoms with van der Waals surface area (Å²) in [7, 11) is 5.21. The van der Waals surface area contributed by atoms with Crippen molar-refractivity contribution in [2.75, 3.05) is 27.7 Å². The quantitative estimate of drug-likeness (QED) is 0.644. The fourth-order valence-corrected chi connectivity index (χ4v) is 2.53. The van der Waals surface area contributed by atoms with Crippen LogP contribution in [0.1, 0.15) is 11.1 Å². The van der Waals surface area contributed by atoms with Gasteiger partial charge in [0.15, 0.2) is 5.96 Å². The van der Waals surface area contributed by atoms with Gasteiger partial charge in [-0.3, -0.25) is 4.99 Å². The van der Waals surface area contributed by atoms with Crippen molar-refractivity contribution in [2.24, 2.45) is 4.99 Å². The highest BCUT2D eigenvalue weighted by atomic mass is 19.1. The van der Waals surface area contributed by atoms with E-state index in [9.17, 15) is 8.78 Å². The zero-order valence-electron chi connectivity index (χ0n) is 14.7. The van der Waals surface area contributed by atoms with E-state index in [1.807, 2.05) is 36.2 Å². The lowest BCUT2D eigenvalue weighted by atomic mass is 10.1. The number of aliphatic imine (C=N–C) groups is 1. The molecule has 2 rings (SSSR count). The summed E-state index contributed by atoms with van der Waals surface area (Å²) in [5.41, 5.74) is 1.19. The summed E-state index contributed by atoms with van der Waals surface area (Å²) in [4.78, 5) is 6.16. The molecule has 0 amide bonds. The van der Waals surface area contributed by atoms with Gasteiger partial charge in [0.25, 0.3) is 0 Å². The maximum Gasteiger partial charge on any atom is 0.193 e. The van der Waals surface area contributed by atoms with Crippen molar-refractivity contribution in [3.63, 3.8) is 0 Å². The van der Waals surface area contributed by atoms with E-state index in [2.05, 4.69) is 10.3 Å². The maximum atomic E-state index is 13.6. The first-order valence-electron chi connectivity index (χ1n) is 8.02. The second kappa shape index (κ2) is 9.01. The van der Waals surface area contributed by atoms with E-state index in [4.69, 9.17) is 4.74 Å². The number of halogens is 2. The van der Waals surface area contributed by atoms with Gasteiger partial charge in [-0.1, -0.05) is 18.2 Å². The van der Waals surface area contributed by atoms with Gasteiger partial charge in [-0.2, -0.15) is 0 Å². The van der Waals surface area contributed by atoms with Crippen molar-refractivity contribution >= 4 is 5.96 Å². The summed E-state index contributed by atoms with van der Waals surface area (Å²) in [6.45, 7) is 1.04. The Hall–Kier alpha value is -2.63. The zero-order valence-corrected chi connectivity index (χ0v) is 14.7. The van der Waals surface area contributed by atoms with E-state index < -0.39 is 11.6 Å². The molecule has 0 spiro atoms. The number of nitrogens with one attached hydrogen (secondary N) is 1. The second-order valence-corrected chi connectivity index (χ2v) is 5.63. The molecule has 2 aromatic carbocycles. The molecule has 0 radical (unpaired) electrons. The monoisotopic (exact) mass is 347 g/mol. The zero-order chi connectivity index (χ0) is 18.2. The number of hydrogen-bond donors (Lipinski definition) is 1. The predicted molar refractivity (Wildman–Crippen MR) is 95.9 cm³/mol. The first-order valence-corrected chi connectivity index (χ1v) is 8.02. The number of nitrogens with zero attached hydrogens (tertiary/aromatic N) is 2. The molecular formula is C19H23F2N3O. The van der Waals surface area contributed by atoms with Crippen LogP contribution in [0.25, 0.3) is 0 Å². The Labute approximate surface area is 147 Å². The van der Waals surface area contributed by atoms with Crippen molar-refractivity contribution in [1.29, 1.82) is 0 Å². The van der Waals surface area contributed by atoms with E-state index in [1.165, 1.54) is 18.2 Å². The number of guanidine groups is 1. The van der Waals surface area contributed by atoms with Crippen LogP contribution < -0.4 is 10.1 Å². The third-order valence-electron chi connectivity index (χ3n) is 3.87. The summed E-state index contributed by atoms with van der Waals surface area (Å²) < 4.78 is 32.4. The first-order chi connectivity index (χ1) is 12.0. The topological polar surface area (TPSA) is 36.9 Å². The first kappa shape index (κ1) is 18.7. The Morgan fingerprint density at radius 1 is 1.12 bits per heavy atom. The predicted octanol–water partition coefficient (Wildman–Crippen LogP) is 3.22. The maximum absolute atomic E-state index is 13.6. The molecule has 6 heteroatoms. The highest BCUT2D eigenvalue weighted by Crippen LogP contribution is 2.13. The second-order valence-electron chi connectivity index (χ2n) is 5.63. The number of benzene rings is 2. The summed E-state index contributed by atoms with van der Waals surface area (Å²) in [5, 5.41) is 3.13. The number of rotatable bonds is 6. The van der Waals surface area contributed by atoms with Gasteiger partial charge in [0, 0.05) is 32.7 Å². The van der Waals surface area contributed by atoms with E-state index in [-0.39, 0.29) is 12.0 Å². The lowest BCUT2D eigenvalue weighted by Gasteiger charge is -2.22. The summed E-state index contributed by atoms with van der Waals surface area (Å²) in [6.07, 6.45) is 0.244. The molecule has 0 aliphatic carbocycles. The molecule has 134 valence electrons. The Kier molecular flexibility index (Phi) is 6.74. The molecule has 25 heavy (non-hydrogen) atoms. The van der Waals surface area contributed by atoms with Crippen molar-refractivity contribution in [3.8, 4) is 5.75 Å². The third kappa shape index (κ3) is 5.17. The Bertz CT molecular complexity index is 697. The third-order valence-corrected chi connectivity index (χ3v) is 3.87. The van der Waals surface area contributed by atoms with Crippen LogP contribution in [0.5, 0.6) is 5.75 Å². The smallest absolute Gasteiger partial charge is 0.193 e. The van der Waals surface area contributed by atoms with E-state index in [0.717, 1.165) is 11.3 Å². The molecule has 1 N–H and O–H groups in total. The fraction of sp³-hybridized carbons (Fsp3) is 0.316. The molecule has 0 heterocycles. The normalized spacial score (nSPS) is 11.3. The van der Waals surface area contributed by atoms with Gasteiger partial charge in [-0.25, -0.2) is 8.78 Å². The van der Waals surface area contributed by atoms with Crippen LogP contribution in [-0.4, -0.2) is 38.6 Å². The summed E-state index contributed by atoms with van der Waals surface area (Å²) >= 11 is 0. The van der Waals surface area contributed by atoms with E-state index in [0.29, 0.717) is 19.0 Å². The molecule has 0 unspecified atom stereocenters. The van der Waals surface area contributed by atoms with Gasteiger partial charge >= 0.3 is 0 Å². The van der Waals surface area contributed by atoms with Crippen LogP contribution in [0.2, 0.25) is 0 Å². The average Bonchev–Trinajstić information content (AvgIpc) is 2.61. The van der Waals surface area contributed by atoms with Crippen LogP contribution in [-0.2, 0) is 13.0 Å². The van der Waals surface area contributed by atoms with Crippen molar-refractivity contribution in [2.45, 2.75) is 13.0 Å². The lowest BCUT2D eigenvalue weighted by Crippen LogP contribution is -2.39. The van der Waals surface area contributed by atoms with E-state index in [1.54, 1.807) is 14.2 Å². The molecule has 0 aliphatic rings. The molecule has 0 aromatic heterocycles. The van der Waals surface area contributed by atoms with Gasteiger partial charge in [-0.05, 0) is 36.2 Å². The van der Waals surface area contributed by atoms with Gasteiger partial charge in [0.2, 0.25) is 0 Å². The lowest BCUT2D eigenvalue weighted by molar-refractivity contribution is 0.414. The Morgan fingerprint density at radius 3 is 2.32 bits per heavy atom. The summed E-state index contributed by atoms with van der Waals surface area (Å²) in [6, 6.07) is 11.7. The molecule has 0 fully saturated rings. The molecule has 4 nitrogen and oxygen atoms in total. The minimum absolute atomic E-state index is 0.0864. The molecule has 0 saturated heterocycles. The van der Waals surface area contributed by atoms with Gasteiger partial charge < -0.3 is 15.0 Å². The Morgan fingerprint density at radius 2 is 1.76 bits per heavy atom. The van der Waals surface area contributed by atoms with Crippen LogP contribution >= 0.6 is 0 Å². The van der Waals surface area contributed by atoms with E-state index >= 15 is 0 Å². The SMILES string of the molecule is CN=C(NCCc1c(F)cccc1F)N(C)Cc1ccc(OC)cc1. The molecule has 2 aromatic rings. The standard InChI is InChI=1S/C19H23F2N3O/c1-22-19(23-12-11-16-17(20)5-4-6-18(16)21)24(2)13-14-7-9-15(25-3)10-8-14/h4-10H,11-13H2,1-3H3,(H,22,23). The molecule has 0 atom stereocenters. The van der Waals surface area contributed by atoms with Crippen molar-refractivity contribution < 1.29 is 13.5 Å². The van der Waals surface area contributed by atoms with Crippen molar-refractivity contribution in [1.82, 2.24) is 10.2 Å². The largest absolute Gasteiger partial charge is 0.497 e. The highest BCUT2D eigenvalue weighted by molar-refractivity contribution is 5.79. The van der Waals surface area contributed by atoms with Crippen LogP contribution in [0.3, 0.4) is 0 Å². The Balaban J connectivity index is 1.90. The van der Waals surface area contributed by atoms with Crippen LogP contribution in [0, 0.1) is 11.6 Å². The highest BCUT2D eigenvalue weighted by Gasteiger charge is 2.10. The summed E-state index contributed by atoms with van der Waals surface area (Å²) in [5.74, 6) is 0.417. The minimum Gasteiger partial charge on any atom is -0.497 e. The number of methoxy groups -OCH3 is 1. The minimum atomic E-state index is -0.525. The van der Waals surface area contributed by atoms with Gasteiger partial charge in [-0.15, -0.1) is 0 Å². The van der Waals surface area contributed by atoms with Gasteiger partial charge in [0.1, 0.15) is 17.4 Å². The van der Waals surface area contributed by atoms with Gasteiger partial charge in [0.05, 0.1) is 7.11 Å². The number of ether oxygens (including phenoxy) is 1. The average molecular weight is 347 g/mol. The van der Waals surface area contributed by atoms with Crippen molar-refractivity contribution in [3.05, 3.63) is 65.2 Å². The fourth-order valence-electron chi connectivity index (χ4n) is 2.53. The van der Waals surface area contributed by atoms with Crippen LogP contribution in [0.4, 0.5) is 8.78 Å². The number of hydrogen-bond acceptors (Lipinski definition) is 2. The molecule has 0 bridgehead atoms. The molecular weight excluding hydrogens is 324 g/mol.